The van der Waals surface area contributed by atoms with E-state index in [4.69, 9.17) is 4.74 Å². The lowest BCUT2D eigenvalue weighted by molar-refractivity contribution is 0.310. The SMILES string of the molecule is CC(C)(C)N1CCCOc2ncccc21. The van der Waals surface area contributed by atoms with E-state index < -0.39 is 0 Å². The maximum absolute atomic E-state index is 5.62. The maximum Gasteiger partial charge on any atom is 0.237 e. The van der Waals surface area contributed by atoms with Crippen molar-refractivity contribution in [3.63, 3.8) is 0 Å². The van der Waals surface area contributed by atoms with Crippen molar-refractivity contribution in [1.29, 1.82) is 0 Å². The van der Waals surface area contributed by atoms with Crippen molar-refractivity contribution in [2.45, 2.75) is 32.7 Å². The van der Waals surface area contributed by atoms with Gasteiger partial charge in [0, 0.05) is 18.3 Å². The Bertz CT molecular complexity index is 344. The molecule has 0 radical (unpaired) electrons. The minimum atomic E-state index is 0.117. The van der Waals surface area contributed by atoms with E-state index >= 15 is 0 Å². The highest BCUT2D eigenvalue weighted by molar-refractivity contribution is 5.56. The number of nitrogens with zero attached hydrogens (tertiary/aromatic N) is 2. The van der Waals surface area contributed by atoms with Gasteiger partial charge in [0.15, 0.2) is 0 Å². The monoisotopic (exact) mass is 206 g/mol. The van der Waals surface area contributed by atoms with Crippen molar-refractivity contribution >= 4 is 5.69 Å². The van der Waals surface area contributed by atoms with Gasteiger partial charge in [-0.25, -0.2) is 4.98 Å². The zero-order valence-electron chi connectivity index (χ0n) is 9.66. The van der Waals surface area contributed by atoms with Crippen LogP contribution in [-0.4, -0.2) is 23.7 Å². The van der Waals surface area contributed by atoms with Crippen LogP contribution in [0.5, 0.6) is 5.88 Å². The molecular formula is C12H18N2O. The molecule has 1 aromatic rings. The summed E-state index contributed by atoms with van der Waals surface area (Å²) in [5, 5.41) is 0. The Hall–Kier alpha value is -1.25. The molecule has 0 aromatic carbocycles. The Kier molecular flexibility index (Phi) is 2.55. The molecule has 1 aliphatic rings. The molecule has 0 amide bonds. The molecule has 0 aliphatic carbocycles. The summed E-state index contributed by atoms with van der Waals surface area (Å²) in [6, 6.07) is 4.05. The summed E-state index contributed by atoms with van der Waals surface area (Å²) in [5.74, 6) is 0.768. The lowest BCUT2D eigenvalue weighted by Gasteiger charge is -2.36. The van der Waals surface area contributed by atoms with E-state index in [9.17, 15) is 0 Å². The van der Waals surface area contributed by atoms with Crippen LogP contribution < -0.4 is 9.64 Å². The van der Waals surface area contributed by atoms with Crippen molar-refractivity contribution in [1.82, 2.24) is 4.98 Å². The van der Waals surface area contributed by atoms with E-state index in [2.05, 4.69) is 36.7 Å². The van der Waals surface area contributed by atoms with Crippen molar-refractivity contribution in [3.8, 4) is 5.88 Å². The molecule has 0 N–H and O–H groups in total. The molecule has 0 saturated carbocycles. The van der Waals surface area contributed by atoms with Gasteiger partial charge >= 0.3 is 0 Å². The number of hydrogen-bond donors (Lipinski definition) is 0. The molecule has 0 saturated heterocycles. The third-order valence-corrected chi connectivity index (χ3v) is 2.62. The third kappa shape index (κ3) is 2.06. The fourth-order valence-corrected chi connectivity index (χ4v) is 1.91. The number of ether oxygens (including phenoxy) is 1. The number of anilines is 1. The highest BCUT2D eigenvalue weighted by atomic mass is 16.5. The summed E-state index contributed by atoms with van der Waals surface area (Å²) in [5.41, 5.74) is 1.23. The van der Waals surface area contributed by atoms with Crippen LogP contribution in [0.3, 0.4) is 0 Å². The minimum Gasteiger partial charge on any atom is -0.476 e. The average molecular weight is 206 g/mol. The quantitative estimate of drug-likeness (QED) is 0.652. The van der Waals surface area contributed by atoms with Crippen molar-refractivity contribution in [2.75, 3.05) is 18.1 Å². The van der Waals surface area contributed by atoms with E-state index in [0.29, 0.717) is 0 Å². The molecule has 0 spiro atoms. The van der Waals surface area contributed by atoms with Gasteiger partial charge in [-0.15, -0.1) is 0 Å². The lowest BCUT2D eigenvalue weighted by atomic mass is 10.0. The van der Waals surface area contributed by atoms with E-state index in [1.807, 2.05) is 6.07 Å². The summed E-state index contributed by atoms with van der Waals surface area (Å²) in [7, 11) is 0. The molecule has 1 aromatic heterocycles. The van der Waals surface area contributed by atoms with E-state index in [1.165, 1.54) is 0 Å². The van der Waals surface area contributed by atoms with E-state index in [0.717, 1.165) is 31.1 Å². The first kappa shape index (κ1) is 10.3. The molecular weight excluding hydrogens is 188 g/mol. The predicted molar refractivity (Wildman–Crippen MR) is 61.4 cm³/mol. The van der Waals surface area contributed by atoms with Crippen molar-refractivity contribution < 1.29 is 4.74 Å². The number of fused-ring (bicyclic) bond motifs is 1. The highest BCUT2D eigenvalue weighted by Crippen LogP contribution is 2.32. The molecule has 2 heterocycles. The van der Waals surface area contributed by atoms with Crippen LogP contribution in [0, 0.1) is 0 Å². The highest BCUT2D eigenvalue weighted by Gasteiger charge is 2.26. The lowest BCUT2D eigenvalue weighted by Crippen LogP contribution is -2.41. The Balaban J connectivity index is 2.41. The molecule has 3 heteroatoms. The maximum atomic E-state index is 5.62. The second kappa shape index (κ2) is 3.72. The van der Waals surface area contributed by atoms with Crippen LogP contribution in [0.25, 0.3) is 0 Å². The van der Waals surface area contributed by atoms with Gasteiger partial charge in [-0.05, 0) is 39.3 Å². The summed E-state index contributed by atoms with van der Waals surface area (Å²) < 4.78 is 5.62. The molecule has 2 rings (SSSR count). The topological polar surface area (TPSA) is 25.4 Å². The van der Waals surface area contributed by atoms with Gasteiger partial charge in [0.05, 0.1) is 6.61 Å². The van der Waals surface area contributed by atoms with Crippen LogP contribution in [-0.2, 0) is 0 Å². The molecule has 1 aliphatic heterocycles. The first-order chi connectivity index (χ1) is 7.09. The second-order valence-corrected chi connectivity index (χ2v) is 4.85. The van der Waals surface area contributed by atoms with Crippen LogP contribution in [0.15, 0.2) is 18.3 Å². The zero-order chi connectivity index (χ0) is 10.9. The standard InChI is InChI=1S/C12H18N2O/c1-12(2,3)14-8-5-9-15-11-10(14)6-4-7-13-11/h4,6-7H,5,8-9H2,1-3H3. The number of pyridine rings is 1. The van der Waals surface area contributed by atoms with Gasteiger partial charge < -0.3 is 9.64 Å². The average Bonchev–Trinajstić information content (AvgIpc) is 2.38. The summed E-state index contributed by atoms with van der Waals surface area (Å²) >= 11 is 0. The second-order valence-electron chi connectivity index (χ2n) is 4.85. The molecule has 0 unspecified atom stereocenters. The Morgan fingerprint density at radius 3 is 2.93 bits per heavy atom. The molecule has 0 atom stereocenters. The van der Waals surface area contributed by atoms with Gasteiger partial charge in [-0.3, -0.25) is 0 Å². The number of rotatable bonds is 0. The van der Waals surface area contributed by atoms with Crippen molar-refractivity contribution in [3.05, 3.63) is 18.3 Å². The van der Waals surface area contributed by atoms with Gasteiger partial charge in [0.25, 0.3) is 0 Å². The smallest absolute Gasteiger partial charge is 0.237 e. The minimum absolute atomic E-state index is 0.117. The van der Waals surface area contributed by atoms with Crippen LogP contribution in [0.2, 0.25) is 0 Å². The Morgan fingerprint density at radius 2 is 2.20 bits per heavy atom. The summed E-state index contributed by atoms with van der Waals surface area (Å²) in [6.45, 7) is 8.44. The Labute approximate surface area is 91.1 Å². The van der Waals surface area contributed by atoms with Gasteiger partial charge in [0.1, 0.15) is 5.69 Å². The molecule has 3 nitrogen and oxygen atoms in total. The molecule has 0 bridgehead atoms. The summed E-state index contributed by atoms with van der Waals surface area (Å²) in [6.07, 6.45) is 2.83. The van der Waals surface area contributed by atoms with Crippen molar-refractivity contribution in [2.24, 2.45) is 0 Å². The first-order valence-corrected chi connectivity index (χ1v) is 5.44. The predicted octanol–water partition coefficient (Wildman–Crippen LogP) is 2.47. The van der Waals surface area contributed by atoms with Gasteiger partial charge in [-0.2, -0.15) is 0 Å². The fraction of sp³-hybridized carbons (Fsp3) is 0.583. The van der Waals surface area contributed by atoms with Gasteiger partial charge in [-0.1, -0.05) is 0 Å². The van der Waals surface area contributed by atoms with Crippen LogP contribution >= 0.6 is 0 Å². The number of aromatic nitrogens is 1. The van der Waals surface area contributed by atoms with Crippen LogP contribution in [0.4, 0.5) is 5.69 Å². The third-order valence-electron chi connectivity index (χ3n) is 2.62. The zero-order valence-corrected chi connectivity index (χ0v) is 9.66. The number of hydrogen-bond acceptors (Lipinski definition) is 3. The molecule has 15 heavy (non-hydrogen) atoms. The Morgan fingerprint density at radius 1 is 1.40 bits per heavy atom. The van der Waals surface area contributed by atoms with E-state index in [1.54, 1.807) is 6.20 Å². The largest absolute Gasteiger partial charge is 0.476 e. The van der Waals surface area contributed by atoms with E-state index in [-0.39, 0.29) is 5.54 Å². The first-order valence-electron chi connectivity index (χ1n) is 5.44. The summed E-state index contributed by atoms with van der Waals surface area (Å²) in [4.78, 5) is 6.64. The molecule has 0 fully saturated rings. The van der Waals surface area contributed by atoms with Crippen LogP contribution in [0.1, 0.15) is 27.2 Å². The fourth-order valence-electron chi connectivity index (χ4n) is 1.91. The molecule has 82 valence electrons. The van der Waals surface area contributed by atoms with Gasteiger partial charge in [0.2, 0.25) is 5.88 Å². The normalized spacial score (nSPS) is 16.6.